The summed E-state index contributed by atoms with van der Waals surface area (Å²) in [6.45, 7) is 11.2. The van der Waals surface area contributed by atoms with Crippen LogP contribution >= 0.6 is 0 Å². The number of hydrogen-bond donors (Lipinski definition) is 1. The molecule has 0 saturated carbocycles. The molecule has 1 N–H and O–H groups in total. The van der Waals surface area contributed by atoms with Crippen molar-refractivity contribution in [2.75, 3.05) is 52.9 Å². The molecule has 2 bridgehead atoms. The number of quaternary nitrogens is 2. The molecule has 1 atom stereocenters. The lowest BCUT2D eigenvalue weighted by molar-refractivity contribution is -1.08. The van der Waals surface area contributed by atoms with Gasteiger partial charge in [0.2, 0.25) is 0 Å². The Kier molecular flexibility index (Phi) is 1.89. The highest BCUT2D eigenvalue weighted by molar-refractivity contribution is 5.81. The molecule has 0 radical (unpaired) electrons. The van der Waals surface area contributed by atoms with Gasteiger partial charge in [-0.2, -0.15) is 0 Å². The number of fused-ring (bicyclic) bond motifs is 3. The molecule has 4 aliphatic heterocycles. The van der Waals surface area contributed by atoms with Crippen molar-refractivity contribution < 1.29 is 8.97 Å². The van der Waals surface area contributed by atoms with Gasteiger partial charge in [-0.05, 0) is 6.92 Å². The van der Waals surface area contributed by atoms with Crippen LogP contribution < -0.4 is 5.32 Å². The molecule has 4 aliphatic rings. The molecule has 0 aromatic carbocycles. The molecule has 4 heteroatoms. The van der Waals surface area contributed by atoms with Crippen LogP contribution in [0.5, 0.6) is 0 Å². The maximum atomic E-state index is 4.51. The standard InChI is InChI=1S/C11H22N4/c1-10-12-9-11(13-10)15-6-3-14(2,4-7-15)5-8-15/h11H,3-9H2,1-2H3,(H,12,13)/q+2. The lowest BCUT2D eigenvalue weighted by atomic mass is 10.1. The van der Waals surface area contributed by atoms with Crippen LogP contribution in [0.15, 0.2) is 4.99 Å². The zero-order chi connectivity index (χ0) is 10.5. The van der Waals surface area contributed by atoms with Crippen molar-refractivity contribution in [3.63, 3.8) is 0 Å². The second kappa shape index (κ2) is 2.95. The monoisotopic (exact) mass is 210 g/mol. The number of likely N-dealkylation sites (N-methyl/N-ethyl adjacent to an activating group) is 1. The van der Waals surface area contributed by atoms with E-state index in [1.54, 1.807) is 0 Å². The summed E-state index contributed by atoms with van der Waals surface area (Å²) in [5.41, 5.74) is 0. The van der Waals surface area contributed by atoms with Crippen molar-refractivity contribution in [2.24, 2.45) is 4.99 Å². The first-order valence-corrected chi connectivity index (χ1v) is 6.09. The Morgan fingerprint density at radius 1 is 1.13 bits per heavy atom. The molecule has 0 aliphatic carbocycles. The van der Waals surface area contributed by atoms with E-state index in [4.69, 9.17) is 0 Å². The largest absolute Gasteiger partial charge is 0.324 e. The fraction of sp³-hybridized carbons (Fsp3) is 0.909. The van der Waals surface area contributed by atoms with Gasteiger partial charge in [-0.3, -0.25) is 9.48 Å². The molecule has 84 valence electrons. The minimum atomic E-state index is 0.582. The molecule has 0 spiro atoms. The molecule has 4 heterocycles. The van der Waals surface area contributed by atoms with Crippen LogP contribution in [0.25, 0.3) is 0 Å². The summed E-state index contributed by atoms with van der Waals surface area (Å²) in [7, 11) is 2.41. The van der Waals surface area contributed by atoms with Crippen molar-refractivity contribution in [1.82, 2.24) is 5.32 Å². The average molecular weight is 210 g/mol. The number of amidine groups is 1. The normalized spacial score (nSPS) is 48.9. The van der Waals surface area contributed by atoms with Gasteiger partial charge in [0.15, 0.2) is 6.17 Å². The summed E-state index contributed by atoms with van der Waals surface area (Å²) in [6, 6.07) is 0. The molecular formula is C11H22N4+2. The van der Waals surface area contributed by atoms with Crippen LogP contribution in [0.3, 0.4) is 0 Å². The number of piperazine rings is 3. The van der Waals surface area contributed by atoms with Gasteiger partial charge in [0, 0.05) is 0 Å². The quantitative estimate of drug-likeness (QED) is 0.587. The molecule has 4 nitrogen and oxygen atoms in total. The van der Waals surface area contributed by atoms with Gasteiger partial charge in [-0.15, -0.1) is 0 Å². The maximum Gasteiger partial charge on any atom is 0.183 e. The van der Waals surface area contributed by atoms with E-state index in [1.165, 1.54) is 48.2 Å². The van der Waals surface area contributed by atoms with E-state index < -0.39 is 0 Å². The topological polar surface area (TPSA) is 24.4 Å². The molecule has 4 rings (SSSR count). The van der Waals surface area contributed by atoms with Gasteiger partial charge < -0.3 is 9.80 Å². The Labute approximate surface area is 91.8 Å². The SMILES string of the molecule is CC1=NCC([N+]23CC[N+](C)(CC2)CC3)N1. The number of nitrogens with one attached hydrogen (secondary N) is 1. The molecular weight excluding hydrogens is 188 g/mol. The van der Waals surface area contributed by atoms with E-state index in [-0.39, 0.29) is 0 Å². The van der Waals surface area contributed by atoms with Crippen LogP contribution in [-0.4, -0.2) is 73.8 Å². The fourth-order valence-electron chi connectivity index (χ4n) is 3.33. The molecule has 15 heavy (non-hydrogen) atoms. The van der Waals surface area contributed by atoms with E-state index in [1.807, 2.05) is 0 Å². The molecule has 1 unspecified atom stereocenters. The summed E-state index contributed by atoms with van der Waals surface area (Å²) >= 11 is 0. The average Bonchev–Trinajstić information content (AvgIpc) is 2.67. The van der Waals surface area contributed by atoms with E-state index in [2.05, 4.69) is 24.3 Å². The number of nitrogens with zero attached hydrogens (tertiary/aromatic N) is 3. The predicted molar refractivity (Wildman–Crippen MR) is 60.5 cm³/mol. The van der Waals surface area contributed by atoms with Gasteiger partial charge >= 0.3 is 0 Å². The van der Waals surface area contributed by atoms with Crippen molar-refractivity contribution in [3.05, 3.63) is 0 Å². The molecule has 0 amide bonds. The van der Waals surface area contributed by atoms with Gasteiger partial charge in [0.25, 0.3) is 0 Å². The summed E-state index contributed by atoms with van der Waals surface area (Å²) in [4.78, 5) is 4.51. The molecule has 0 aromatic rings. The van der Waals surface area contributed by atoms with Crippen molar-refractivity contribution in [2.45, 2.75) is 13.1 Å². The first-order valence-electron chi connectivity index (χ1n) is 6.09. The molecule has 0 aromatic heterocycles. The Morgan fingerprint density at radius 3 is 2.20 bits per heavy atom. The Morgan fingerprint density at radius 2 is 1.73 bits per heavy atom. The number of hydrogen-bond acceptors (Lipinski definition) is 2. The summed E-state index contributed by atoms with van der Waals surface area (Å²) < 4.78 is 2.60. The van der Waals surface area contributed by atoms with E-state index >= 15 is 0 Å². The van der Waals surface area contributed by atoms with Crippen LogP contribution in [0.4, 0.5) is 0 Å². The molecule has 3 fully saturated rings. The summed E-state index contributed by atoms with van der Waals surface area (Å²) in [5, 5.41) is 3.57. The van der Waals surface area contributed by atoms with Crippen molar-refractivity contribution >= 4 is 5.84 Å². The Bertz CT molecular complexity index is 285. The van der Waals surface area contributed by atoms with Crippen LogP contribution in [0, 0.1) is 0 Å². The van der Waals surface area contributed by atoms with Crippen LogP contribution in [-0.2, 0) is 0 Å². The Hall–Kier alpha value is -0.610. The molecule has 3 saturated heterocycles. The van der Waals surface area contributed by atoms with Crippen molar-refractivity contribution in [1.29, 1.82) is 0 Å². The second-order valence-corrected chi connectivity index (χ2v) is 5.77. The lowest BCUT2D eigenvalue weighted by Crippen LogP contribution is -2.78. The van der Waals surface area contributed by atoms with Gasteiger partial charge in [0.1, 0.15) is 45.8 Å². The first-order chi connectivity index (χ1) is 7.12. The summed E-state index contributed by atoms with van der Waals surface area (Å²) in [6.07, 6.45) is 0.582. The second-order valence-electron chi connectivity index (χ2n) is 5.77. The predicted octanol–water partition coefficient (Wildman–Crippen LogP) is -0.375. The first kappa shape index (κ1) is 9.60. The summed E-state index contributed by atoms with van der Waals surface area (Å²) in [5.74, 6) is 1.14. The third kappa shape index (κ3) is 1.39. The van der Waals surface area contributed by atoms with E-state index in [9.17, 15) is 0 Å². The van der Waals surface area contributed by atoms with Gasteiger partial charge in [-0.25, -0.2) is 0 Å². The number of aliphatic imine (C=N–C) groups is 1. The third-order valence-corrected chi connectivity index (χ3v) is 4.79. The highest BCUT2D eigenvalue weighted by Gasteiger charge is 2.51. The minimum Gasteiger partial charge on any atom is -0.324 e. The fourth-order valence-corrected chi connectivity index (χ4v) is 3.33. The van der Waals surface area contributed by atoms with E-state index in [0.29, 0.717) is 6.17 Å². The van der Waals surface area contributed by atoms with Gasteiger partial charge in [-0.1, -0.05) is 0 Å². The smallest absolute Gasteiger partial charge is 0.183 e. The van der Waals surface area contributed by atoms with E-state index in [0.717, 1.165) is 12.4 Å². The highest BCUT2D eigenvalue weighted by atomic mass is 15.6. The third-order valence-electron chi connectivity index (χ3n) is 4.79. The number of rotatable bonds is 1. The van der Waals surface area contributed by atoms with Crippen LogP contribution in [0.2, 0.25) is 0 Å². The zero-order valence-electron chi connectivity index (χ0n) is 9.87. The minimum absolute atomic E-state index is 0.582. The zero-order valence-corrected chi connectivity index (χ0v) is 9.87. The lowest BCUT2D eigenvalue weighted by Gasteiger charge is -2.56. The van der Waals surface area contributed by atoms with Crippen molar-refractivity contribution in [3.8, 4) is 0 Å². The van der Waals surface area contributed by atoms with Crippen LogP contribution in [0.1, 0.15) is 6.92 Å². The maximum absolute atomic E-state index is 4.51. The Balaban J connectivity index is 1.76. The van der Waals surface area contributed by atoms with Gasteiger partial charge in [0.05, 0.1) is 12.9 Å². The highest BCUT2D eigenvalue weighted by Crippen LogP contribution is 2.27.